The number of amides is 2. The van der Waals surface area contributed by atoms with E-state index in [1.165, 1.54) is 6.08 Å². The molecule has 1 aliphatic heterocycles. The van der Waals surface area contributed by atoms with Crippen LogP contribution < -0.4 is 0 Å². The molecule has 0 fully saturated rings. The molecule has 1 heterocycles. The van der Waals surface area contributed by atoms with E-state index in [9.17, 15) is 14.4 Å². The lowest BCUT2D eigenvalue weighted by Crippen LogP contribution is -2.33. The first-order valence-corrected chi connectivity index (χ1v) is 9.68. The van der Waals surface area contributed by atoms with E-state index in [1.807, 2.05) is 18.4 Å². The molecule has 0 atom stereocenters. The second-order valence-corrected chi connectivity index (χ2v) is 6.74. The lowest BCUT2D eigenvalue weighted by molar-refractivity contribution is -0.140. The summed E-state index contributed by atoms with van der Waals surface area (Å²) in [4.78, 5) is 38.4. The molecular formula is C19H23NO4S. The van der Waals surface area contributed by atoms with Crippen molar-refractivity contribution in [2.45, 2.75) is 43.9 Å². The Balaban J connectivity index is 1.87. The first-order valence-electron chi connectivity index (χ1n) is 8.46. The van der Waals surface area contributed by atoms with E-state index in [4.69, 9.17) is 4.74 Å². The summed E-state index contributed by atoms with van der Waals surface area (Å²) in [6, 6.07) is 7.04. The predicted octanol–water partition coefficient (Wildman–Crippen LogP) is 3.79. The Morgan fingerprint density at radius 1 is 1.16 bits per heavy atom. The van der Waals surface area contributed by atoms with Crippen molar-refractivity contribution < 1.29 is 19.1 Å². The molecule has 0 radical (unpaired) electrons. The van der Waals surface area contributed by atoms with Gasteiger partial charge in [-0.25, -0.2) is 4.79 Å². The van der Waals surface area contributed by atoms with Crippen LogP contribution in [0.2, 0.25) is 0 Å². The van der Waals surface area contributed by atoms with Crippen molar-refractivity contribution in [3.63, 3.8) is 0 Å². The van der Waals surface area contributed by atoms with Gasteiger partial charge in [0.15, 0.2) is 0 Å². The lowest BCUT2D eigenvalue weighted by atomic mass is 10.1. The highest BCUT2D eigenvalue weighted by atomic mass is 32.2. The molecule has 25 heavy (non-hydrogen) atoms. The minimum Gasteiger partial charge on any atom is -0.425 e. The normalized spacial score (nSPS) is 13.8. The molecule has 5 nitrogen and oxygen atoms in total. The molecule has 2 rings (SSSR count). The summed E-state index contributed by atoms with van der Waals surface area (Å²) in [5.74, 6) is -0.941. The fourth-order valence-corrected chi connectivity index (χ4v) is 2.92. The Morgan fingerprint density at radius 2 is 1.88 bits per heavy atom. The van der Waals surface area contributed by atoms with Crippen LogP contribution in [0.1, 0.15) is 49.4 Å². The van der Waals surface area contributed by atoms with Crippen molar-refractivity contribution in [2.24, 2.45) is 0 Å². The van der Waals surface area contributed by atoms with Gasteiger partial charge in [-0.1, -0.05) is 26.2 Å². The van der Waals surface area contributed by atoms with Gasteiger partial charge >= 0.3 is 5.97 Å². The fourth-order valence-electron chi connectivity index (χ4n) is 2.51. The minimum atomic E-state index is -0.524. The van der Waals surface area contributed by atoms with Gasteiger partial charge in [0, 0.05) is 17.4 Å². The average molecular weight is 361 g/mol. The van der Waals surface area contributed by atoms with E-state index in [0.717, 1.165) is 35.5 Å². The zero-order chi connectivity index (χ0) is 18.2. The number of esters is 1. The van der Waals surface area contributed by atoms with Crippen LogP contribution in [-0.2, 0) is 14.3 Å². The van der Waals surface area contributed by atoms with E-state index in [1.54, 1.807) is 23.9 Å². The van der Waals surface area contributed by atoms with Gasteiger partial charge in [0.1, 0.15) is 5.76 Å². The van der Waals surface area contributed by atoms with Crippen LogP contribution in [0, 0.1) is 0 Å². The molecular weight excluding hydrogens is 338 g/mol. The molecule has 0 saturated carbocycles. The zero-order valence-corrected chi connectivity index (χ0v) is 15.4. The van der Waals surface area contributed by atoms with Crippen LogP contribution in [0.3, 0.4) is 0 Å². The molecule has 0 unspecified atom stereocenters. The third-order valence-corrected chi connectivity index (χ3v) is 4.70. The molecule has 0 spiro atoms. The maximum atomic E-state index is 12.1. The molecule has 0 aromatic heterocycles. The van der Waals surface area contributed by atoms with Crippen molar-refractivity contribution in [1.29, 1.82) is 0 Å². The SMILES string of the molecule is CCCCCCC(=O)N1CC(OC(=O)c2ccc(SC)cc2)=CC1=O. The third-order valence-electron chi connectivity index (χ3n) is 3.96. The van der Waals surface area contributed by atoms with Crippen LogP contribution in [0.25, 0.3) is 0 Å². The van der Waals surface area contributed by atoms with Crippen molar-refractivity contribution >= 4 is 29.5 Å². The van der Waals surface area contributed by atoms with E-state index in [2.05, 4.69) is 6.92 Å². The van der Waals surface area contributed by atoms with Gasteiger partial charge < -0.3 is 4.74 Å². The molecule has 0 bridgehead atoms. The second-order valence-electron chi connectivity index (χ2n) is 5.86. The first kappa shape index (κ1) is 19.2. The highest BCUT2D eigenvalue weighted by Crippen LogP contribution is 2.19. The van der Waals surface area contributed by atoms with E-state index in [0.29, 0.717) is 12.0 Å². The minimum absolute atomic E-state index is 0.0279. The molecule has 6 heteroatoms. The molecule has 2 amide bonds. The predicted molar refractivity (Wildman–Crippen MR) is 97.2 cm³/mol. The summed E-state index contributed by atoms with van der Waals surface area (Å²) in [6.45, 7) is 2.13. The number of unbranched alkanes of at least 4 members (excludes halogenated alkanes) is 3. The second kappa shape index (κ2) is 9.42. The smallest absolute Gasteiger partial charge is 0.343 e. The number of rotatable bonds is 8. The Labute approximate surface area is 152 Å². The summed E-state index contributed by atoms with van der Waals surface area (Å²) in [7, 11) is 0. The Hall–Kier alpha value is -2.08. The largest absolute Gasteiger partial charge is 0.425 e. The van der Waals surface area contributed by atoms with Crippen molar-refractivity contribution in [3.8, 4) is 0 Å². The maximum Gasteiger partial charge on any atom is 0.343 e. The number of carbonyl (C=O) groups excluding carboxylic acids is 3. The number of carbonyl (C=O) groups is 3. The highest BCUT2D eigenvalue weighted by Gasteiger charge is 2.29. The Bertz CT molecular complexity index is 667. The van der Waals surface area contributed by atoms with Crippen LogP contribution in [0.5, 0.6) is 0 Å². The topological polar surface area (TPSA) is 63.7 Å². The van der Waals surface area contributed by atoms with Crippen molar-refractivity contribution in [3.05, 3.63) is 41.7 Å². The number of nitrogens with zero attached hydrogens (tertiary/aromatic N) is 1. The summed E-state index contributed by atoms with van der Waals surface area (Å²) in [6.07, 6.45) is 7.44. The average Bonchev–Trinajstić information content (AvgIpc) is 2.99. The third kappa shape index (κ3) is 5.46. The monoisotopic (exact) mass is 361 g/mol. The van der Waals surface area contributed by atoms with Gasteiger partial charge in [0.05, 0.1) is 12.1 Å². The van der Waals surface area contributed by atoms with Crippen LogP contribution in [0.15, 0.2) is 41.0 Å². The van der Waals surface area contributed by atoms with E-state index >= 15 is 0 Å². The van der Waals surface area contributed by atoms with Gasteiger partial charge in [-0.05, 0) is 36.9 Å². The van der Waals surface area contributed by atoms with E-state index in [-0.39, 0.29) is 18.2 Å². The number of ether oxygens (including phenoxy) is 1. The summed E-state index contributed by atoms with van der Waals surface area (Å²) in [5, 5.41) is 0. The van der Waals surface area contributed by atoms with Crippen LogP contribution in [0.4, 0.5) is 0 Å². The Morgan fingerprint density at radius 3 is 2.52 bits per heavy atom. The molecule has 0 saturated heterocycles. The molecule has 1 aromatic rings. The van der Waals surface area contributed by atoms with Gasteiger partial charge in [0.25, 0.3) is 5.91 Å². The number of hydrogen-bond donors (Lipinski definition) is 0. The zero-order valence-electron chi connectivity index (χ0n) is 14.6. The van der Waals surface area contributed by atoms with Gasteiger partial charge in [-0.3, -0.25) is 14.5 Å². The molecule has 134 valence electrons. The van der Waals surface area contributed by atoms with E-state index < -0.39 is 11.9 Å². The van der Waals surface area contributed by atoms with Gasteiger partial charge in [0.2, 0.25) is 5.91 Å². The van der Waals surface area contributed by atoms with Crippen molar-refractivity contribution in [1.82, 2.24) is 4.90 Å². The van der Waals surface area contributed by atoms with Gasteiger partial charge in [-0.15, -0.1) is 11.8 Å². The molecule has 1 aliphatic rings. The maximum absolute atomic E-state index is 12.1. The van der Waals surface area contributed by atoms with Crippen LogP contribution >= 0.6 is 11.8 Å². The van der Waals surface area contributed by atoms with Gasteiger partial charge in [-0.2, -0.15) is 0 Å². The summed E-state index contributed by atoms with van der Waals surface area (Å²) < 4.78 is 5.27. The molecule has 0 aliphatic carbocycles. The summed E-state index contributed by atoms with van der Waals surface area (Å²) in [5.41, 5.74) is 0.412. The number of imide groups is 1. The highest BCUT2D eigenvalue weighted by molar-refractivity contribution is 7.98. The molecule has 0 N–H and O–H groups in total. The Kier molecular flexibility index (Phi) is 7.25. The summed E-state index contributed by atoms with van der Waals surface area (Å²) >= 11 is 1.58. The quantitative estimate of drug-likeness (QED) is 0.400. The van der Waals surface area contributed by atoms with Crippen LogP contribution in [-0.4, -0.2) is 35.5 Å². The number of thioether (sulfide) groups is 1. The number of hydrogen-bond acceptors (Lipinski definition) is 5. The number of benzene rings is 1. The lowest BCUT2D eigenvalue weighted by Gasteiger charge is -2.14. The first-order chi connectivity index (χ1) is 12.0. The molecule has 1 aromatic carbocycles. The standard InChI is InChI=1S/C19H23NO4S/c1-3-4-5-6-7-17(21)20-13-15(12-18(20)22)24-19(23)14-8-10-16(25-2)11-9-14/h8-12H,3-7,13H2,1-2H3. The fraction of sp³-hybridized carbons (Fsp3) is 0.421. The van der Waals surface area contributed by atoms with Crippen molar-refractivity contribution in [2.75, 3.05) is 12.8 Å².